The van der Waals surface area contributed by atoms with Crippen LogP contribution in [0, 0.1) is 23.2 Å². The number of rotatable bonds is 10. The molecule has 0 saturated carbocycles. The fourth-order valence-corrected chi connectivity index (χ4v) is 9.87. The van der Waals surface area contributed by atoms with Gasteiger partial charge in [-0.15, -0.1) is 18.3 Å². The number of hydrogen-bond donors (Lipinski definition) is 2. The van der Waals surface area contributed by atoms with Gasteiger partial charge in [0.25, 0.3) is 0 Å². The highest BCUT2D eigenvalue weighted by molar-refractivity contribution is 8.02. The van der Waals surface area contributed by atoms with Gasteiger partial charge in [-0.25, -0.2) is 0 Å². The number of carboxylic acid groups (broad SMARTS) is 1. The topological polar surface area (TPSA) is 98.2 Å². The Morgan fingerprint density at radius 2 is 1.86 bits per heavy atom. The molecule has 6 atom stereocenters. The number of aliphatic carboxylic acids is 1. The molecule has 0 aliphatic carbocycles. The largest absolute Gasteiger partial charge is 0.481 e. The van der Waals surface area contributed by atoms with Gasteiger partial charge in [0.15, 0.2) is 0 Å². The summed E-state index contributed by atoms with van der Waals surface area (Å²) in [5.41, 5.74) is -0.556. The third-order valence-corrected chi connectivity index (χ3v) is 10.3. The molecular weight excluding hydrogens is 476 g/mol. The van der Waals surface area contributed by atoms with Crippen LogP contribution in [0.5, 0.6) is 0 Å². The fraction of sp³-hybridized carbons (Fsp3) is 0.821. The van der Waals surface area contributed by atoms with Crippen LogP contribution in [0.4, 0.5) is 0 Å². The molecule has 204 valence electrons. The van der Waals surface area contributed by atoms with Gasteiger partial charge in [-0.2, -0.15) is 0 Å². The van der Waals surface area contributed by atoms with E-state index in [-0.39, 0.29) is 29.8 Å². The fourth-order valence-electron chi connectivity index (χ4n) is 7.54. The first-order valence-corrected chi connectivity index (χ1v) is 14.1. The van der Waals surface area contributed by atoms with Crippen LogP contribution in [-0.2, 0) is 14.4 Å². The second kappa shape index (κ2) is 9.64. The second-order valence-corrected chi connectivity index (χ2v) is 15.5. The number of amides is 2. The predicted molar refractivity (Wildman–Crippen MR) is 144 cm³/mol. The van der Waals surface area contributed by atoms with Crippen molar-refractivity contribution < 1.29 is 24.6 Å². The molecule has 0 radical (unpaired) electrons. The van der Waals surface area contributed by atoms with Crippen molar-refractivity contribution in [2.24, 2.45) is 23.2 Å². The molecule has 2 bridgehead atoms. The van der Waals surface area contributed by atoms with Gasteiger partial charge in [0.2, 0.25) is 11.8 Å². The summed E-state index contributed by atoms with van der Waals surface area (Å²) in [6.45, 7) is 20.5. The van der Waals surface area contributed by atoms with Gasteiger partial charge >= 0.3 is 5.97 Å². The van der Waals surface area contributed by atoms with E-state index in [1.807, 2.05) is 39.5 Å². The molecule has 3 aliphatic heterocycles. The lowest BCUT2D eigenvalue weighted by atomic mass is 9.66. The van der Waals surface area contributed by atoms with Crippen LogP contribution >= 0.6 is 11.8 Å². The maximum atomic E-state index is 14.7. The molecule has 3 aliphatic rings. The minimum absolute atomic E-state index is 0.0388. The Balaban J connectivity index is 2.17. The van der Waals surface area contributed by atoms with E-state index in [0.29, 0.717) is 25.8 Å². The average Bonchev–Trinajstić information content (AvgIpc) is 3.28. The normalized spacial score (nSPS) is 32.7. The van der Waals surface area contributed by atoms with Gasteiger partial charge in [0.05, 0.1) is 29.2 Å². The van der Waals surface area contributed by atoms with Crippen molar-refractivity contribution >= 4 is 29.5 Å². The summed E-state index contributed by atoms with van der Waals surface area (Å²) < 4.78 is -1.40. The van der Waals surface area contributed by atoms with Crippen LogP contribution in [0.25, 0.3) is 0 Å². The van der Waals surface area contributed by atoms with E-state index in [1.54, 1.807) is 11.0 Å². The monoisotopic (exact) mass is 522 g/mol. The zero-order valence-electron chi connectivity index (χ0n) is 23.3. The summed E-state index contributed by atoms with van der Waals surface area (Å²) in [6.07, 6.45) is 4.27. The van der Waals surface area contributed by atoms with Crippen LogP contribution in [0.3, 0.4) is 0 Å². The summed E-state index contributed by atoms with van der Waals surface area (Å²) in [5.74, 6) is -2.85. The van der Waals surface area contributed by atoms with Crippen molar-refractivity contribution in [2.45, 2.75) is 108 Å². The molecule has 0 aromatic heterocycles. The Bertz CT molecular complexity index is 912. The Morgan fingerprint density at radius 1 is 1.25 bits per heavy atom. The van der Waals surface area contributed by atoms with Gasteiger partial charge in [-0.05, 0) is 57.8 Å². The highest BCUT2D eigenvalue weighted by Crippen LogP contribution is 2.71. The van der Waals surface area contributed by atoms with Crippen molar-refractivity contribution in [3.63, 3.8) is 0 Å². The number of likely N-dealkylation sites (tertiary alicyclic amines) is 1. The Kier molecular flexibility index (Phi) is 7.78. The van der Waals surface area contributed by atoms with Gasteiger partial charge < -0.3 is 20.0 Å². The van der Waals surface area contributed by atoms with E-state index in [2.05, 4.69) is 27.4 Å². The molecule has 2 amide bonds. The van der Waals surface area contributed by atoms with E-state index < -0.39 is 44.9 Å². The zero-order valence-corrected chi connectivity index (χ0v) is 24.2. The van der Waals surface area contributed by atoms with Gasteiger partial charge in [-0.1, -0.05) is 40.7 Å². The first-order chi connectivity index (χ1) is 16.5. The lowest BCUT2D eigenvalue weighted by Crippen LogP contribution is -2.61. The number of thioether (sulfide) groups is 1. The quantitative estimate of drug-likeness (QED) is 0.418. The minimum Gasteiger partial charge on any atom is -0.481 e. The predicted octanol–water partition coefficient (Wildman–Crippen LogP) is 4.19. The van der Waals surface area contributed by atoms with Crippen LogP contribution < -0.4 is 0 Å². The van der Waals surface area contributed by atoms with E-state index in [0.717, 1.165) is 6.42 Å². The highest BCUT2D eigenvalue weighted by Gasteiger charge is 2.78. The smallest absolute Gasteiger partial charge is 0.308 e. The number of aliphatic hydroxyl groups excluding tert-OH is 1. The molecule has 7 nitrogen and oxygen atoms in total. The summed E-state index contributed by atoms with van der Waals surface area (Å²) in [4.78, 5) is 44.7. The number of hydrogen-bond acceptors (Lipinski definition) is 5. The lowest BCUT2D eigenvalue weighted by Gasteiger charge is -2.46. The third-order valence-electron chi connectivity index (χ3n) is 8.33. The molecule has 3 fully saturated rings. The van der Waals surface area contributed by atoms with Gasteiger partial charge in [0.1, 0.15) is 6.04 Å². The molecule has 3 heterocycles. The lowest BCUT2D eigenvalue weighted by molar-refractivity contribution is -0.151. The highest BCUT2D eigenvalue weighted by atomic mass is 32.2. The molecule has 36 heavy (non-hydrogen) atoms. The summed E-state index contributed by atoms with van der Waals surface area (Å²) >= 11 is 1.54. The Hall–Kier alpha value is -1.54. The van der Waals surface area contributed by atoms with Crippen LogP contribution in [0.2, 0.25) is 0 Å². The van der Waals surface area contributed by atoms with Crippen LogP contribution in [0.1, 0.15) is 81.1 Å². The molecule has 0 aromatic carbocycles. The summed E-state index contributed by atoms with van der Waals surface area (Å²) in [5, 5.41) is 20.6. The number of fused-ring (bicyclic) bond motifs is 1. The summed E-state index contributed by atoms with van der Waals surface area (Å²) in [7, 11) is 0. The van der Waals surface area contributed by atoms with Crippen LogP contribution in [0.15, 0.2) is 12.7 Å². The molecule has 2 N–H and O–H groups in total. The maximum Gasteiger partial charge on any atom is 0.308 e. The Labute approximate surface area is 221 Å². The molecule has 3 rings (SSSR count). The molecule has 1 spiro atoms. The van der Waals surface area contributed by atoms with Crippen molar-refractivity contribution in [1.29, 1.82) is 0 Å². The number of carbonyl (C=O) groups excluding carboxylic acids is 2. The van der Waals surface area contributed by atoms with Crippen molar-refractivity contribution in [3.05, 3.63) is 12.7 Å². The second-order valence-electron chi connectivity index (χ2n) is 13.6. The first-order valence-electron chi connectivity index (χ1n) is 13.2. The van der Waals surface area contributed by atoms with Crippen molar-refractivity contribution in [3.8, 4) is 0 Å². The average molecular weight is 523 g/mol. The van der Waals surface area contributed by atoms with E-state index in [9.17, 15) is 24.6 Å². The van der Waals surface area contributed by atoms with Crippen molar-refractivity contribution in [2.75, 3.05) is 13.2 Å². The maximum absolute atomic E-state index is 14.7. The molecule has 8 heteroatoms. The Morgan fingerprint density at radius 3 is 2.33 bits per heavy atom. The summed E-state index contributed by atoms with van der Waals surface area (Å²) in [6, 6.07) is -1.36. The van der Waals surface area contributed by atoms with Gasteiger partial charge in [0, 0.05) is 16.8 Å². The van der Waals surface area contributed by atoms with E-state index in [1.165, 1.54) is 11.8 Å². The van der Waals surface area contributed by atoms with Crippen LogP contribution in [-0.4, -0.2) is 78.1 Å². The van der Waals surface area contributed by atoms with E-state index >= 15 is 0 Å². The zero-order chi connectivity index (χ0) is 27.4. The third kappa shape index (κ3) is 4.72. The number of nitrogens with zero attached hydrogens (tertiary/aromatic N) is 2. The first kappa shape index (κ1) is 29.0. The molecule has 0 aromatic rings. The van der Waals surface area contributed by atoms with Crippen molar-refractivity contribution in [1.82, 2.24) is 9.80 Å². The number of aliphatic hydroxyl groups is 1. The number of carbonyl (C=O) groups is 3. The number of carboxylic acids is 1. The molecular formula is C28H46N2O5S. The standard InChI is InChI=1S/C28H46N2O5S/c1-10-13-29(26(7,8)16-25(4,5)6)23(33)21-28-12-11-27(9,36-28)20(24(34)35)19(28)22(32)30(21)18(15-31)14-17(2)3/h10,17-21,31H,1,11-16H2,2-9H3,(H,34,35)/t18-,19+,20-,21?,27+,28?/m1/s1. The SMILES string of the molecule is C=CCN(C(=O)C1N([C@@H](CO)CC(C)C)C(=O)[C@@H]2[C@H](C(=O)O)[C@]3(C)CCC12S3)C(C)(C)CC(C)(C)C. The molecule has 2 unspecified atom stereocenters. The van der Waals surface area contributed by atoms with E-state index in [4.69, 9.17) is 0 Å². The van der Waals surface area contributed by atoms with Gasteiger partial charge in [-0.3, -0.25) is 14.4 Å². The molecule has 3 saturated heterocycles. The minimum atomic E-state index is -0.974.